The number of amides is 1. The van der Waals surface area contributed by atoms with E-state index in [1.165, 1.54) is 0 Å². The second-order valence-electron chi connectivity index (χ2n) is 6.10. The van der Waals surface area contributed by atoms with Crippen LogP contribution in [-0.2, 0) is 14.8 Å². The lowest BCUT2D eigenvalue weighted by molar-refractivity contribution is -0.130. The van der Waals surface area contributed by atoms with Crippen molar-refractivity contribution in [2.75, 3.05) is 24.2 Å². The molecule has 1 amide bonds. The van der Waals surface area contributed by atoms with Crippen molar-refractivity contribution in [2.45, 2.75) is 38.6 Å². The Labute approximate surface area is 143 Å². The van der Waals surface area contributed by atoms with Crippen LogP contribution in [0.15, 0.2) is 18.2 Å². The number of rotatable bonds is 5. The average Bonchev–Trinajstić information content (AvgIpc) is 3.00. The van der Waals surface area contributed by atoms with E-state index in [-0.39, 0.29) is 18.5 Å². The molecule has 5 nitrogen and oxygen atoms in total. The Kier molecular flexibility index (Phi) is 5.57. The van der Waals surface area contributed by atoms with E-state index in [9.17, 15) is 13.2 Å². The minimum absolute atomic E-state index is 0.193. The molecule has 1 aliphatic carbocycles. The lowest BCUT2D eigenvalue weighted by atomic mass is 10.2. The van der Waals surface area contributed by atoms with Crippen molar-refractivity contribution in [1.82, 2.24) is 4.90 Å². The molecule has 1 fully saturated rings. The van der Waals surface area contributed by atoms with Crippen LogP contribution in [0.5, 0.6) is 0 Å². The summed E-state index contributed by atoms with van der Waals surface area (Å²) in [4.78, 5) is 14.2. The molecule has 0 aromatic heterocycles. The smallest absolute Gasteiger partial charge is 0.243 e. The number of benzene rings is 1. The minimum Gasteiger partial charge on any atom is -0.341 e. The summed E-state index contributed by atoms with van der Waals surface area (Å²) in [5.41, 5.74) is 1.10. The van der Waals surface area contributed by atoms with Crippen LogP contribution in [0.1, 0.15) is 31.2 Å². The van der Waals surface area contributed by atoms with Gasteiger partial charge in [-0.25, -0.2) is 8.42 Å². The normalized spacial score (nSPS) is 15.7. The number of carbonyl (C=O) groups excluding carboxylic acids is 1. The predicted molar refractivity (Wildman–Crippen MR) is 93.4 cm³/mol. The first-order chi connectivity index (χ1) is 10.7. The number of nitrogens with zero attached hydrogens (tertiary/aromatic N) is 2. The van der Waals surface area contributed by atoms with E-state index in [0.717, 1.165) is 36.2 Å². The Balaban J connectivity index is 2.26. The van der Waals surface area contributed by atoms with Crippen LogP contribution in [0.25, 0.3) is 0 Å². The summed E-state index contributed by atoms with van der Waals surface area (Å²) in [6.45, 7) is 1.55. The number of anilines is 1. The van der Waals surface area contributed by atoms with Gasteiger partial charge >= 0.3 is 0 Å². The molecule has 1 aromatic carbocycles. The molecule has 0 aliphatic heterocycles. The van der Waals surface area contributed by atoms with Gasteiger partial charge in [0.2, 0.25) is 15.9 Å². The monoisotopic (exact) mass is 358 g/mol. The fourth-order valence-electron chi connectivity index (χ4n) is 2.98. The first-order valence-corrected chi connectivity index (χ1v) is 9.93. The minimum atomic E-state index is -3.58. The Morgan fingerprint density at radius 3 is 2.48 bits per heavy atom. The summed E-state index contributed by atoms with van der Waals surface area (Å²) < 4.78 is 25.5. The molecule has 0 unspecified atom stereocenters. The molecule has 128 valence electrons. The van der Waals surface area contributed by atoms with E-state index in [2.05, 4.69) is 0 Å². The van der Waals surface area contributed by atoms with Gasteiger partial charge in [-0.1, -0.05) is 30.5 Å². The summed E-state index contributed by atoms with van der Waals surface area (Å²) in [5.74, 6) is -0.193. The molecule has 2 rings (SSSR count). The van der Waals surface area contributed by atoms with Crippen molar-refractivity contribution in [1.29, 1.82) is 0 Å². The van der Waals surface area contributed by atoms with Gasteiger partial charge in [-0.2, -0.15) is 0 Å². The molecule has 23 heavy (non-hydrogen) atoms. The molecule has 0 spiro atoms. The highest BCUT2D eigenvalue weighted by Gasteiger charge is 2.28. The summed E-state index contributed by atoms with van der Waals surface area (Å²) in [7, 11) is -1.83. The fourth-order valence-corrected chi connectivity index (χ4v) is 4.05. The Morgan fingerprint density at radius 1 is 1.30 bits per heavy atom. The molecule has 1 aliphatic rings. The molecule has 0 bridgehead atoms. The van der Waals surface area contributed by atoms with Gasteiger partial charge in [-0.3, -0.25) is 9.10 Å². The quantitative estimate of drug-likeness (QED) is 0.813. The molecule has 1 saturated carbocycles. The third-order valence-corrected chi connectivity index (χ3v) is 5.99. The highest BCUT2D eigenvalue weighted by Crippen LogP contribution is 2.29. The van der Waals surface area contributed by atoms with Gasteiger partial charge in [0, 0.05) is 18.1 Å². The number of sulfonamides is 1. The lowest BCUT2D eigenvalue weighted by Crippen LogP contribution is -2.44. The van der Waals surface area contributed by atoms with E-state index in [1.807, 2.05) is 0 Å². The van der Waals surface area contributed by atoms with Crippen molar-refractivity contribution in [2.24, 2.45) is 0 Å². The van der Waals surface area contributed by atoms with Crippen molar-refractivity contribution >= 4 is 33.2 Å². The number of carbonyl (C=O) groups is 1. The molecule has 0 saturated heterocycles. The van der Waals surface area contributed by atoms with Crippen molar-refractivity contribution in [3.63, 3.8) is 0 Å². The third-order valence-electron chi connectivity index (χ3n) is 4.45. The standard InChI is InChI=1S/C16H23ClN2O3S/c1-12-14(17)9-6-10-15(12)19(23(3,21)22)11-16(20)18(2)13-7-4-5-8-13/h6,9-10,13H,4-5,7-8,11H2,1-3H3. The second kappa shape index (κ2) is 7.09. The van der Waals surface area contributed by atoms with Gasteiger partial charge in [0.15, 0.2) is 0 Å². The molecule has 7 heteroatoms. The van der Waals surface area contributed by atoms with Crippen molar-refractivity contribution in [3.8, 4) is 0 Å². The zero-order valence-electron chi connectivity index (χ0n) is 13.8. The highest BCUT2D eigenvalue weighted by molar-refractivity contribution is 7.92. The zero-order chi connectivity index (χ0) is 17.2. The zero-order valence-corrected chi connectivity index (χ0v) is 15.3. The number of hydrogen-bond acceptors (Lipinski definition) is 3. The van der Waals surface area contributed by atoms with Crippen LogP contribution in [0.2, 0.25) is 5.02 Å². The first kappa shape index (κ1) is 18.1. The molecule has 0 heterocycles. The molecular weight excluding hydrogens is 336 g/mol. The van der Waals surface area contributed by atoms with Crippen LogP contribution in [0.3, 0.4) is 0 Å². The summed E-state index contributed by atoms with van der Waals surface area (Å²) in [5, 5.41) is 0.479. The maximum absolute atomic E-state index is 12.5. The molecule has 0 N–H and O–H groups in total. The number of likely N-dealkylation sites (N-methyl/N-ethyl adjacent to an activating group) is 1. The van der Waals surface area contributed by atoms with Crippen LogP contribution >= 0.6 is 11.6 Å². The van der Waals surface area contributed by atoms with Crippen LogP contribution in [-0.4, -0.2) is 45.1 Å². The van der Waals surface area contributed by atoms with E-state index in [0.29, 0.717) is 16.3 Å². The molecule has 0 radical (unpaired) electrons. The Hall–Kier alpha value is -1.27. The number of hydrogen-bond donors (Lipinski definition) is 0. The lowest BCUT2D eigenvalue weighted by Gasteiger charge is -2.29. The topological polar surface area (TPSA) is 57.7 Å². The van der Waals surface area contributed by atoms with Gasteiger partial charge in [-0.15, -0.1) is 0 Å². The highest BCUT2D eigenvalue weighted by atomic mass is 35.5. The maximum Gasteiger partial charge on any atom is 0.243 e. The van der Waals surface area contributed by atoms with Crippen molar-refractivity contribution in [3.05, 3.63) is 28.8 Å². The van der Waals surface area contributed by atoms with Gasteiger partial charge in [0.1, 0.15) is 6.54 Å². The molecule has 0 atom stereocenters. The van der Waals surface area contributed by atoms with Gasteiger partial charge in [0.05, 0.1) is 11.9 Å². The largest absolute Gasteiger partial charge is 0.341 e. The number of halogens is 1. The van der Waals surface area contributed by atoms with Gasteiger partial charge in [-0.05, 0) is 37.5 Å². The molecule has 1 aromatic rings. The third kappa shape index (κ3) is 4.18. The van der Waals surface area contributed by atoms with Crippen LogP contribution in [0, 0.1) is 6.92 Å². The summed E-state index contributed by atoms with van der Waals surface area (Å²) in [6.07, 6.45) is 5.31. The summed E-state index contributed by atoms with van der Waals surface area (Å²) in [6, 6.07) is 5.27. The second-order valence-corrected chi connectivity index (χ2v) is 8.41. The van der Waals surface area contributed by atoms with Crippen LogP contribution < -0.4 is 4.31 Å². The van der Waals surface area contributed by atoms with Crippen molar-refractivity contribution < 1.29 is 13.2 Å². The van der Waals surface area contributed by atoms with E-state index in [4.69, 9.17) is 11.6 Å². The van der Waals surface area contributed by atoms with Gasteiger partial charge in [0.25, 0.3) is 0 Å². The predicted octanol–water partition coefficient (Wildman–Crippen LogP) is 2.82. The fraction of sp³-hybridized carbons (Fsp3) is 0.562. The SMILES string of the molecule is Cc1c(Cl)cccc1N(CC(=O)N(C)C1CCCC1)S(C)(=O)=O. The average molecular weight is 359 g/mol. The van der Waals surface area contributed by atoms with Crippen LogP contribution in [0.4, 0.5) is 5.69 Å². The molecular formula is C16H23ClN2O3S. The van der Waals surface area contributed by atoms with E-state index < -0.39 is 10.0 Å². The van der Waals surface area contributed by atoms with E-state index in [1.54, 1.807) is 37.1 Å². The van der Waals surface area contributed by atoms with E-state index >= 15 is 0 Å². The Morgan fingerprint density at radius 2 is 1.91 bits per heavy atom. The summed E-state index contributed by atoms with van der Waals surface area (Å²) >= 11 is 6.09. The maximum atomic E-state index is 12.5. The Bertz CT molecular complexity index is 685. The first-order valence-electron chi connectivity index (χ1n) is 7.70. The van der Waals surface area contributed by atoms with Gasteiger partial charge < -0.3 is 4.90 Å².